The monoisotopic (exact) mass is 484 g/mol. The molecule has 1 N–H and O–H groups in total. The summed E-state index contributed by atoms with van der Waals surface area (Å²) in [6.45, 7) is 3.76. The van der Waals surface area contributed by atoms with Crippen molar-refractivity contribution in [2.24, 2.45) is 0 Å². The van der Waals surface area contributed by atoms with Crippen molar-refractivity contribution in [1.29, 1.82) is 5.26 Å². The van der Waals surface area contributed by atoms with Gasteiger partial charge in [0.05, 0.1) is 25.6 Å². The van der Waals surface area contributed by atoms with Crippen molar-refractivity contribution in [1.82, 2.24) is 15.1 Å². The number of amides is 3. The lowest BCUT2D eigenvalue weighted by Gasteiger charge is -2.38. The first-order chi connectivity index (χ1) is 17.5. The molecule has 8 heteroatoms. The number of hydrogen-bond donors (Lipinski definition) is 1. The Kier molecular flexibility index (Phi) is 5.53. The van der Waals surface area contributed by atoms with Crippen LogP contribution in [0.3, 0.4) is 0 Å². The van der Waals surface area contributed by atoms with Crippen LogP contribution in [-0.4, -0.2) is 53.3 Å². The average molecular weight is 485 g/mol. The van der Waals surface area contributed by atoms with E-state index in [9.17, 15) is 14.4 Å². The maximum atomic E-state index is 13.1. The normalized spacial score (nSPS) is 22.7. The predicted molar refractivity (Wildman–Crippen MR) is 130 cm³/mol. The van der Waals surface area contributed by atoms with Gasteiger partial charge in [-0.05, 0) is 49.5 Å². The Morgan fingerprint density at radius 1 is 1.06 bits per heavy atom. The van der Waals surface area contributed by atoms with Crippen molar-refractivity contribution >= 4 is 17.7 Å². The number of carbonyl (C=O) groups excluding carboxylic acids is 3. The minimum atomic E-state index is -0.620. The van der Waals surface area contributed by atoms with Crippen LogP contribution in [0.15, 0.2) is 36.4 Å². The molecule has 0 radical (unpaired) electrons. The molecule has 184 valence electrons. The van der Waals surface area contributed by atoms with Gasteiger partial charge in [0.2, 0.25) is 11.8 Å². The summed E-state index contributed by atoms with van der Waals surface area (Å²) >= 11 is 0. The van der Waals surface area contributed by atoms with Crippen molar-refractivity contribution in [3.63, 3.8) is 0 Å². The van der Waals surface area contributed by atoms with Gasteiger partial charge >= 0.3 is 0 Å². The van der Waals surface area contributed by atoms with E-state index in [2.05, 4.69) is 34.5 Å². The third-order valence-electron chi connectivity index (χ3n) is 8.26. The van der Waals surface area contributed by atoms with E-state index in [1.165, 1.54) is 11.1 Å². The Morgan fingerprint density at radius 2 is 1.81 bits per heavy atom. The number of rotatable bonds is 4. The maximum absolute atomic E-state index is 13.1. The summed E-state index contributed by atoms with van der Waals surface area (Å²) in [5.74, 6) is -0.0259. The van der Waals surface area contributed by atoms with E-state index in [0.29, 0.717) is 31.6 Å². The number of piperidine rings is 2. The van der Waals surface area contributed by atoms with E-state index in [1.54, 1.807) is 4.90 Å². The van der Waals surface area contributed by atoms with Crippen LogP contribution in [0, 0.1) is 11.3 Å². The third kappa shape index (κ3) is 3.75. The Balaban J connectivity index is 1.16. The maximum Gasteiger partial charge on any atom is 0.255 e. The fourth-order valence-electron chi connectivity index (χ4n) is 6.15. The Morgan fingerprint density at radius 3 is 2.53 bits per heavy atom. The average Bonchev–Trinajstić information content (AvgIpc) is 3.40. The summed E-state index contributed by atoms with van der Waals surface area (Å²) in [6, 6.07) is 13.8. The molecule has 0 aliphatic carbocycles. The van der Waals surface area contributed by atoms with Crippen LogP contribution in [0.1, 0.15) is 58.3 Å². The lowest BCUT2D eigenvalue weighted by Crippen LogP contribution is -2.52. The molecule has 2 fully saturated rings. The van der Waals surface area contributed by atoms with Crippen LogP contribution in [0.2, 0.25) is 0 Å². The second-order valence-corrected chi connectivity index (χ2v) is 10.4. The van der Waals surface area contributed by atoms with E-state index in [-0.39, 0.29) is 23.7 Å². The largest absolute Gasteiger partial charge is 0.492 e. The van der Waals surface area contributed by atoms with Crippen LogP contribution in [0.4, 0.5) is 0 Å². The smallest absolute Gasteiger partial charge is 0.255 e. The van der Waals surface area contributed by atoms with Crippen LogP contribution in [0.5, 0.6) is 5.75 Å². The number of imide groups is 1. The second-order valence-electron chi connectivity index (χ2n) is 10.4. The number of nitriles is 1. The zero-order valence-electron chi connectivity index (χ0n) is 20.1. The highest BCUT2D eigenvalue weighted by molar-refractivity contribution is 6.05. The summed E-state index contributed by atoms with van der Waals surface area (Å²) in [5, 5.41) is 11.2. The van der Waals surface area contributed by atoms with Gasteiger partial charge < -0.3 is 9.64 Å². The first-order valence-electron chi connectivity index (χ1n) is 12.6. The SMILES string of the molecule is N#CCc1ccc(CN2CCC3(CC2)COc2c3ccc3c2CN(C2CCC(=O)NC2=O)C3=O)cc1. The van der Waals surface area contributed by atoms with E-state index < -0.39 is 11.9 Å². The zero-order chi connectivity index (χ0) is 24.9. The molecule has 1 atom stereocenters. The molecule has 0 aromatic heterocycles. The van der Waals surface area contributed by atoms with E-state index in [1.807, 2.05) is 18.2 Å². The van der Waals surface area contributed by atoms with Gasteiger partial charge in [0.15, 0.2) is 0 Å². The minimum Gasteiger partial charge on any atom is -0.492 e. The molecule has 0 saturated carbocycles. The standard InChI is InChI=1S/C28H28N4O4/c29-12-9-18-1-3-19(4-2-18)15-31-13-10-28(11-14-31)17-36-25-21-16-32(23-7-8-24(33)30-26(23)34)27(35)20(21)5-6-22(25)28/h1-6,23H,7-11,13-17H2,(H,30,33,34). The molecule has 8 nitrogen and oxygen atoms in total. The molecule has 2 aromatic rings. The molecule has 6 rings (SSSR count). The lowest BCUT2D eigenvalue weighted by molar-refractivity contribution is -0.136. The number of hydrogen-bond acceptors (Lipinski definition) is 6. The minimum absolute atomic E-state index is 0.0530. The summed E-state index contributed by atoms with van der Waals surface area (Å²) in [7, 11) is 0. The molecule has 0 bridgehead atoms. The van der Waals surface area contributed by atoms with E-state index in [4.69, 9.17) is 10.00 Å². The van der Waals surface area contributed by atoms with Crippen molar-refractivity contribution in [2.75, 3.05) is 19.7 Å². The van der Waals surface area contributed by atoms with Gasteiger partial charge in [-0.2, -0.15) is 5.26 Å². The van der Waals surface area contributed by atoms with Crippen molar-refractivity contribution in [2.45, 2.75) is 56.7 Å². The molecule has 4 aliphatic rings. The van der Waals surface area contributed by atoms with Gasteiger partial charge in [0.25, 0.3) is 5.91 Å². The van der Waals surface area contributed by atoms with Gasteiger partial charge in [-0.15, -0.1) is 0 Å². The van der Waals surface area contributed by atoms with Crippen molar-refractivity contribution in [3.05, 3.63) is 64.2 Å². The van der Waals surface area contributed by atoms with Crippen molar-refractivity contribution < 1.29 is 19.1 Å². The molecule has 4 heterocycles. The number of benzene rings is 2. The summed E-state index contributed by atoms with van der Waals surface area (Å²) in [5.41, 5.74) is 4.90. The van der Waals surface area contributed by atoms with E-state index in [0.717, 1.165) is 49.4 Å². The molecule has 1 spiro atoms. The van der Waals surface area contributed by atoms with Gasteiger partial charge in [-0.25, -0.2) is 0 Å². The number of fused-ring (bicyclic) bond motifs is 4. The highest BCUT2D eigenvalue weighted by Gasteiger charge is 2.47. The molecular weight excluding hydrogens is 456 g/mol. The molecule has 2 saturated heterocycles. The fraction of sp³-hybridized carbons (Fsp3) is 0.429. The first kappa shape index (κ1) is 22.7. The highest BCUT2D eigenvalue weighted by Crippen LogP contribution is 2.49. The number of ether oxygens (including phenoxy) is 1. The van der Waals surface area contributed by atoms with Crippen LogP contribution in [0.25, 0.3) is 0 Å². The van der Waals surface area contributed by atoms with Gasteiger partial charge in [-0.1, -0.05) is 30.3 Å². The van der Waals surface area contributed by atoms with Gasteiger partial charge in [-0.3, -0.25) is 24.6 Å². The molecule has 36 heavy (non-hydrogen) atoms. The number of carbonyl (C=O) groups is 3. The zero-order valence-corrected chi connectivity index (χ0v) is 20.1. The fourth-order valence-corrected chi connectivity index (χ4v) is 6.15. The van der Waals surface area contributed by atoms with Crippen LogP contribution < -0.4 is 10.1 Å². The molecule has 3 amide bonds. The van der Waals surface area contributed by atoms with Crippen LogP contribution in [-0.2, 0) is 34.5 Å². The quantitative estimate of drug-likeness (QED) is 0.669. The molecule has 1 unspecified atom stereocenters. The Bertz CT molecular complexity index is 1290. The highest BCUT2D eigenvalue weighted by atomic mass is 16.5. The number of nitrogens with one attached hydrogen (secondary N) is 1. The Hall–Kier alpha value is -3.70. The molecular formula is C28H28N4O4. The number of nitrogens with zero attached hydrogens (tertiary/aromatic N) is 3. The summed E-state index contributed by atoms with van der Waals surface area (Å²) in [4.78, 5) is 41.1. The topological polar surface area (TPSA) is 103 Å². The molecule has 4 aliphatic heterocycles. The number of likely N-dealkylation sites (tertiary alicyclic amines) is 1. The van der Waals surface area contributed by atoms with Gasteiger partial charge in [0.1, 0.15) is 11.8 Å². The van der Waals surface area contributed by atoms with Crippen molar-refractivity contribution in [3.8, 4) is 11.8 Å². The van der Waals surface area contributed by atoms with Crippen LogP contribution >= 0.6 is 0 Å². The van der Waals surface area contributed by atoms with E-state index >= 15 is 0 Å². The summed E-state index contributed by atoms with van der Waals surface area (Å²) < 4.78 is 6.27. The molecule has 2 aromatic carbocycles. The summed E-state index contributed by atoms with van der Waals surface area (Å²) in [6.07, 6.45) is 3.00. The lowest BCUT2D eigenvalue weighted by atomic mass is 9.74. The predicted octanol–water partition coefficient (Wildman–Crippen LogP) is 2.44. The third-order valence-corrected chi connectivity index (χ3v) is 8.26. The Labute approximate surface area is 209 Å². The second kappa shape index (κ2) is 8.75. The first-order valence-corrected chi connectivity index (χ1v) is 12.6. The van der Waals surface area contributed by atoms with Gasteiger partial charge in [0, 0.05) is 35.1 Å².